The lowest BCUT2D eigenvalue weighted by atomic mass is 9.94. The normalized spacial score (nSPS) is 20.6. The number of amides is 1. The molecule has 0 saturated carbocycles. The molecule has 0 bridgehead atoms. The van der Waals surface area contributed by atoms with E-state index in [-0.39, 0.29) is 17.4 Å². The first-order valence-corrected chi connectivity index (χ1v) is 11.8. The second kappa shape index (κ2) is 9.12. The lowest BCUT2D eigenvalue weighted by Crippen LogP contribution is -2.29. The highest BCUT2D eigenvalue weighted by atomic mass is 35.5. The van der Waals surface area contributed by atoms with Gasteiger partial charge in [-0.3, -0.25) is 14.5 Å². The molecule has 0 aromatic heterocycles. The van der Waals surface area contributed by atoms with Gasteiger partial charge in [-0.25, -0.2) is 0 Å². The lowest BCUT2D eigenvalue weighted by molar-refractivity contribution is -0.132. The predicted octanol–water partition coefficient (Wildman–Crippen LogP) is 5.69. The molecule has 5 rings (SSSR count). The molecule has 2 aliphatic rings. The van der Waals surface area contributed by atoms with Crippen LogP contribution in [-0.2, 0) is 16.0 Å². The average Bonchev–Trinajstić information content (AvgIpc) is 3.35. The molecule has 3 aromatic rings. The average molecular weight is 490 g/mol. The van der Waals surface area contributed by atoms with Crippen molar-refractivity contribution in [2.75, 3.05) is 11.5 Å². The van der Waals surface area contributed by atoms with Gasteiger partial charge in [0.05, 0.1) is 18.2 Å². The Kier molecular flexibility index (Phi) is 5.99. The molecule has 0 radical (unpaired) electrons. The van der Waals surface area contributed by atoms with Gasteiger partial charge in [-0.15, -0.1) is 0 Å². The van der Waals surface area contributed by atoms with Crippen molar-refractivity contribution in [2.45, 2.75) is 32.4 Å². The highest BCUT2D eigenvalue weighted by molar-refractivity contribution is 6.51. The number of ketones is 1. The number of benzene rings is 3. The van der Waals surface area contributed by atoms with Crippen molar-refractivity contribution in [2.24, 2.45) is 0 Å². The maximum Gasteiger partial charge on any atom is 0.300 e. The van der Waals surface area contributed by atoms with Crippen LogP contribution in [0.15, 0.2) is 72.3 Å². The molecule has 2 unspecified atom stereocenters. The zero-order chi connectivity index (χ0) is 24.7. The van der Waals surface area contributed by atoms with Crippen LogP contribution in [-0.4, -0.2) is 29.5 Å². The number of halogens is 1. The van der Waals surface area contributed by atoms with Gasteiger partial charge in [0, 0.05) is 28.8 Å². The van der Waals surface area contributed by atoms with Crippen LogP contribution < -0.4 is 14.4 Å². The molecule has 7 heteroatoms. The topological polar surface area (TPSA) is 76.1 Å². The van der Waals surface area contributed by atoms with E-state index in [1.165, 1.54) is 4.90 Å². The molecule has 1 N–H and O–H groups in total. The molecule has 0 spiro atoms. The maximum atomic E-state index is 13.4. The number of Topliss-reactive ketones (excluding diaryl/α,β-unsaturated/α-hetero) is 1. The van der Waals surface area contributed by atoms with Gasteiger partial charge in [0.25, 0.3) is 11.7 Å². The van der Waals surface area contributed by atoms with Gasteiger partial charge in [0.15, 0.2) is 0 Å². The molecule has 1 amide bonds. The summed E-state index contributed by atoms with van der Waals surface area (Å²) in [6.45, 7) is 4.31. The summed E-state index contributed by atoms with van der Waals surface area (Å²) in [5.41, 5.74) is 2.57. The van der Waals surface area contributed by atoms with Crippen molar-refractivity contribution in [3.63, 3.8) is 0 Å². The first kappa shape index (κ1) is 23.0. The summed E-state index contributed by atoms with van der Waals surface area (Å²) in [5.74, 6) is -0.368. The largest absolute Gasteiger partial charge is 0.507 e. The van der Waals surface area contributed by atoms with E-state index in [1.54, 1.807) is 60.7 Å². The zero-order valence-corrected chi connectivity index (χ0v) is 20.1. The van der Waals surface area contributed by atoms with Crippen molar-refractivity contribution < 1.29 is 24.2 Å². The number of fused-ring (bicyclic) bond motifs is 1. The molecule has 3 aromatic carbocycles. The van der Waals surface area contributed by atoms with Crippen molar-refractivity contribution in [1.82, 2.24) is 0 Å². The molecule has 0 aliphatic carbocycles. The van der Waals surface area contributed by atoms with E-state index in [4.69, 9.17) is 21.1 Å². The fourth-order valence-electron chi connectivity index (χ4n) is 4.67. The first-order valence-electron chi connectivity index (χ1n) is 11.5. The maximum absolute atomic E-state index is 13.4. The van der Waals surface area contributed by atoms with Gasteiger partial charge in [0.1, 0.15) is 23.4 Å². The third-order valence-electron chi connectivity index (χ3n) is 6.21. The molecule has 1 saturated heterocycles. The van der Waals surface area contributed by atoms with Crippen LogP contribution in [0.25, 0.3) is 5.76 Å². The smallest absolute Gasteiger partial charge is 0.300 e. The number of hydrogen-bond acceptors (Lipinski definition) is 5. The third-order valence-corrected chi connectivity index (χ3v) is 6.46. The van der Waals surface area contributed by atoms with E-state index in [9.17, 15) is 14.7 Å². The number of rotatable bonds is 5. The molecular formula is C28H24ClNO5. The van der Waals surface area contributed by atoms with E-state index in [0.29, 0.717) is 40.6 Å². The number of nitrogens with zero attached hydrogens (tertiary/aromatic N) is 1. The Labute approximate surface area is 208 Å². The van der Waals surface area contributed by atoms with Crippen LogP contribution in [0.5, 0.6) is 11.5 Å². The molecule has 1 fully saturated rings. The number of anilines is 1. The van der Waals surface area contributed by atoms with E-state index >= 15 is 0 Å². The number of aliphatic hydroxyl groups excluding tert-OH is 1. The number of carbonyl (C=O) groups is 2. The lowest BCUT2D eigenvalue weighted by Gasteiger charge is -2.26. The molecule has 2 atom stereocenters. The monoisotopic (exact) mass is 489 g/mol. The zero-order valence-electron chi connectivity index (χ0n) is 19.3. The van der Waals surface area contributed by atoms with Crippen LogP contribution >= 0.6 is 11.6 Å². The Morgan fingerprint density at radius 1 is 1.11 bits per heavy atom. The van der Waals surface area contributed by atoms with Crippen LogP contribution in [0.3, 0.4) is 0 Å². The van der Waals surface area contributed by atoms with Gasteiger partial charge in [0.2, 0.25) is 0 Å². The Bertz CT molecular complexity index is 1350. The van der Waals surface area contributed by atoms with Crippen LogP contribution in [0, 0.1) is 0 Å². The minimum Gasteiger partial charge on any atom is -0.507 e. The van der Waals surface area contributed by atoms with E-state index < -0.39 is 17.7 Å². The number of carbonyl (C=O) groups excluding carboxylic acids is 2. The van der Waals surface area contributed by atoms with Gasteiger partial charge in [-0.05, 0) is 67.4 Å². The molecule has 178 valence electrons. The predicted molar refractivity (Wildman–Crippen MR) is 134 cm³/mol. The highest BCUT2D eigenvalue weighted by Gasteiger charge is 2.47. The molecule has 2 aliphatic heterocycles. The fraction of sp³-hybridized carbons (Fsp3) is 0.214. The second-order valence-corrected chi connectivity index (χ2v) is 9.04. The third kappa shape index (κ3) is 4.15. The standard InChI is InChI=1S/C28H24ClNO5/c1-3-34-22-6-4-5-21(15-22)30-25(17-7-10-20(29)11-8-17)24(27(32)28(30)33)26(31)18-9-12-23-19(14-18)13-16(2)35-23/h4-12,14-16,25,31H,3,13H2,1-2H3/b26-24-. The minimum atomic E-state index is -0.840. The van der Waals surface area contributed by atoms with Crippen LogP contribution in [0.1, 0.15) is 36.6 Å². The number of ether oxygens (including phenoxy) is 2. The summed E-state index contributed by atoms with van der Waals surface area (Å²) in [6.07, 6.45) is 0.745. The summed E-state index contributed by atoms with van der Waals surface area (Å²) < 4.78 is 11.4. The van der Waals surface area contributed by atoms with Crippen molar-refractivity contribution in [3.8, 4) is 11.5 Å². The quantitative estimate of drug-likeness (QED) is 0.283. The van der Waals surface area contributed by atoms with Crippen molar-refractivity contribution >= 4 is 34.7 Å². The Morgan fingerprint density at radius 2 is 1.89 bits per heavy atom. The number of aliphatic hydroxyl groups is 1. The van der Waals surface area contributed by atoms with Crippen LogP contribution in [0.4, 0.5) is 5.69 Å². The Morgan fingerprint density at radius 3 is 2.63 bits per heavy atom. The van der Waals surface area contributed by atoms with Crippen molar-refractivity contribution in [1.29, 1.82) is 0 Å². The highest BCUT2D eigenvalue weighted by Crippen LogP contribution is 2.43. The minimum absolute atomic E-state index is 0.0195. The Balaban J connectivity index is 1.67. The van der Waals surface area contributed by atoms with E-state index in [1.807, 2.05) is 19.9 Å². The van der Waals surface area contributed by atoms with Gasteiger partial charge >= 0.3 is 0 Å². The SMILES string of the molecule is CCOc1cccc(N2C(=O)C(=O)/C(=C(\O)c3ccc4c(c3)CC(C)O4)C2c2ccc(Cl)cc2)c1. The molecule has 6 nitrogen and oxygen atoms in total. The summed E-state index contributed by atoms with van der Waals surface area (Å²) in [4.78, 5) is 28.1. The van der Waals surface area contributed by atoms with Gasteiger partial charge in [-0.1, -0.05) is 29.8 Å². The van der Waals surface area contributed by atoms with E-state index in [0.717, 1.165) is 11.3 Å². The summed E-state index contributed by atoms with van der Waals surface area (Å²) in [5, 5.41) is 11.9. The summed E-state index contributed by atoms with van der Waals surface area (Å²) in [7, 11) is 0. The van der Waals surface area contributed by atoms with Gasteiger partial charge < -0.3 is 14.6 Å². The van der Waals surface area contributed by atoms with Crippen molar-refractivity contribution in [3.05, 3.63) is 94.0 Å². The van der Waals surface area contributed by atoms with Crippen LogP contribution in [0.2, 0.25) is 5.02 Å². The molecular weight excluding hydrogens is 466 g/mol. The number of hydrogen-bond donors (Lipinski definition) is 1. The summed E-state index contributed by atoms with van der Waals surface area (Å²) >= 11 is 6.11. The first-order chi connectivity index (χ1) is 16.9. The molecule has 2 heterocycles. The fourth-order valence-corrected chi connectivity index (χ4v) is 4.80. The second-order valence-electron chi connectivity index (χ2n) is 8.61. The molecule has 35 heavy (non-hydrogen) atoms. The summed E-state index contributed by atoms with van der Waals surface area (Å²) in [6, 6.07) is 18.4. The van der Waals surface area contributed by atoms with E-state index in [2.05, 4.69) is 0 Å². The van der Waals surface area contributed by atoms with Gasteiger partial charge in [-0.2, -0.15) is 0 Å². The Hall–Kier alpha value is -3.77.